The van der Waals surface area contributed by atoms with Crippen LogP contribution in [0.3, 0.4) is 0 Å². The van der Waals surface area contributed by atoms with E-state index in [0.717, 1.165) is 0 Å². The number of hydrogen-bond donors (Lipinski definition) is 3. The number of aliphatic hydroxyl groups excluding tert-OH is 1. The van der Waals surface area contributed by atoms with Crippen molar-refractivity contribution in [3.63, 3.8) is 0 Å². The summed E-state index contributed by atoms with van der Waals surface area (Å²) in [6, 6.07) is 0. The Balaban J connectivity index is -0.0000000533. The first kappa shape index (κ1) is 29.8. The molecule has 0 saturated carbocycles. The van der Waals surface area contributed by atoms with Crippen molar-refractivity contribution < 1.29 is 42.0 Å². The third kappa shape index (κ3) is 21.0. The van der Waals surface area contributed by atoms with E-state index in [1.807, 2.05) is 0 Å². The molecule has 65 valence electrons. The summed E-state index contributed by atoms with van der Waals surface area (Å²) < 4.78 is 0. The normalized spacial score (nSPS) is 8.69. The van der Waals surface area contributed by atoms with Gasteiger partial charge in [0, 0.05) is 17.1 Å². The van der Waals surface area contributed by atoms with Crippen LogP contribution in [0.5, 0.6) is 0 Å². The van der Waals surface area contributed by atoms with E-state index in [2.05, 4.69) is 0 Å². The van der Waals surface area contributed by atoms with Crippen molar-refractivity contribution in [3.05, 3.63) is 0 Å². The van der Waals surface area contributed by atoms with Crippen molar-refractivity contribution in [2.24, 2.45) is 0 Å². The van der Waals surface area contributed by atoms with Gasteiger partial charge < -0.3 is 15.3 Å². The molecule has 0 aromatic carbocycles. The molecular weight excluding hydrogens is 268 g/mol. The number of rotatable bonds is 3. The van der Waals surface area contributed by atoms with Gasteiger partial charge in [-0.05, 0) is 0 Å². The van der Waals surface area contributed by atoms with Gasteiger partial charge in [0.1, 0.15) is 0 Å². The molecule has 13 heavy (non-hydrogen) atoms. The average Bonchev–Trinajstić information content (AvgIpc) is 1.63. The molecule has 1 radical (unpaired) electrons. The van der Waals surface area contributed by atoms with E-state index in [1.165, 1.54) is 0 Å². The number of carboxylic acids is 2. The van der Waals surface area contributed by atoms with Crippen LogP contribution in [-0.2, 0) is 26.7 Å². The van der Waals surface area contributed by atoms with Crippen LogP contribution in [-0.4, -0.2) is 144 Å². The predicted molar refractivity (Wildman–Crippen MR) is 47.3 cm³/mol. The second-order valence-corrected chi connectivity index (χ2v) is 1.45. The Bertz CT molecular complexity index is 146. The van der Waals surface area contributed by atoms with Crippen LogP contribution in [0.2, 0.25) is 0 Å². The minimum atomic E-state index is -1.79. The number of hydrogen-bond acceptors (Lipinski definition) is 3. The molecule has 0 saturated heterocycles. The Morgan fingerprint density at radius 2 is 1.46 bits per heavy atom. The molecule has 0 rings (SSSR count). The van der Waals surface area contributed by atoms with Crippen LogP contribution in [0.25, 0.3) is 0 Å². The first-order valence-corrected chi connectivity index (χ1v) is 2.16. The van der Waals surface area contributed by atoms with Crippen LogP contribution in [0, 0.1) is 0 Å². The van der Waals surface area contributed by atoms with Gasteiger partial charge in [-0.25, -0.2) is 4.79 Å². The maximum absolute atomic E-state index is 9.72. The van der Waals surface area contributed by atoms with Crippen molar-refractivity contribution >= 4 is 122 Å². The topological polar surface area (TPSA) is 94.8 Å². The molecule has 5 nitrogen and oxygen atoms in total. The third-order valence-electron chi connectivity index (χ3n) is 0.653. The monoisotopic (exact) mass is 277 g/mol. The number of carboxylic acid groups (broad SMARTS) is 2. The number of carbonyl (C=O) groups is 2. The molecule has 0 aliphatic carbocycles. The van der Waals surface area contributed by atoms with Gasteiger partial charge in [-0.15, -0.1) is 0 Å². The van der Waals surface area contributed by atoms with Gasteiger partial charge in [0.2, 0.25) is 0 Å². The first-order valence-electron chi connectivity index (χ1n) is 2.16. The molecule has 0 aromatic heterocycles. The average molecular weight is 277 g/mol. The predicted octanol–water partition coefficient (Wildman–Crippen LogP) is -3.04. The van der Waals surface area contributed by atoms with E-state index >= 15 is 0 Å². The van der Waals surface area contributed by atoms with Crippen molar-refractivity contribution in [3.8, 4) is 0 Å². The molecule has 0 aromatic rings. The Morgan fingerprint density at radius 3 is 1.54 bits per heavy atom. The zero-order valence-corrected chi connectivity index (χ0v) is 6.00. The van der Waals surface area contributed by atoms with E-state index in [-0.39, 0.29) is 128 Å². The molecule has 9 heteroatoms. The van der Waals surface area contributed by atoms with Crippen LogP contribution >= 0.6 is 0 Å². The maximum atomic E-state index is 9.72. The summed E-state index contributed by atoms with van der Waals surface area (Å²) >= 11 is 0. The molecule has 0 aliphatic heterocycles. The standard InChI is InChI=1S/C4H6O5.K.Mn.2Na.3H/c5-2(4(8)9)1-3(6)7;;;;;;;/h2,5H,1H2,(H,6,7)(H,8,9);;;;;;;. The van der Waals surface area contributed by atoms with Gasteiger partial charge in [0.25, 0.3) is 0 Å². The molecule has 0 aliphatic rings. The summed E-state index contributed by atoms with van der Waals surface area (Å²) in [6.07, 6.45) is -2.54. The summed E-state index contributed by atoms with van der Waals surface area (Å²) in [6.45, 7) is 0. The Labute approximate surface area is 173 Å². The van der Waals surface area contributed by atoms with Crippen molar-refractivity contribution in [1.29, 1.82) is 0 Å². The van der Waals surface area contributed by atoms with E-state index < -0.39 is 24.5 Å². The molecule has 3 N–H and O–H groups in total. The van der Waals surface area contributed by atoms with Gasteiger partial charge >= 0.3 is 122 Å². The summed E-state index contributed by atoms with van der Waals surface area (Å²) in [5, 5.41) is 24.1. The second-order valence-electron chi connectivity index (χ2n) is 1.45. The van der Waals surface area contributed by atoms with Gasteiger partial charge in [0.05, 0.1) is 6.42 Å². The first-order chi connectivity index (χ1) is 4.04. The summed E-state index contributed by atoms with van der Waals surface area (Å²) in [4.78, 5) is 19.4. The van der Waals surface area contributed by atoms with Crippen LogP contribution in [0.4, 0.5) is 0 Å². The Morgan fingerprint density at radius 1 is 1.15 bits per heavy atom. The van der Waals surface area contributed by atoms with Crippen LogP contribution in [0.1, 0.15) is 6.42 Å². The zero-order valence-electron chi connectivity index (χ0n) is 4.82. The van der Waals surface area contributed by atoms with Gasteiger partial charge in [0.15, 0.2) is 6.10 Å². The molecule has 0 bridgehead atoms. The number of aliphatic carboxylic acids is 2. The third-order valence-corrected chi connectivity index (χ3v) is 0.653. The molecule has 0 amide bonds. The molecule has 0 fully saturated rings. The summed E-state index contributed by atoms with van der Waals surface area (Å²) in [5.74, 6) is -2.85. The van der Waals surface area contributed by atoms with Crippen LogP contribution < -0.4 is 0 Å². The zero-order chi connectivity index (χ0) is 7.44. The minimum absolute atomic E-state index is 0. The molecule has 1 atom stereocenters. The summed E-state index contributed by atoms with van der Waals surface area (Å²) in [5.41, 5.74) is 0. The quantitative estimate of drug-likeness (QED) is 0.477. The number of aliphatic hydroxyl groups is 1. The van der Waals surface area contributed by atoms with E-state index in [0.29, 0.717) is 0 Å². The van der Waals surface area contributed by atoms with E-state index in [9.17, 15) is 9.59 Å². The Kier molecular flexibility index (Phi) is 40.0. The Hall–Kier alpha value is 3.06. The van der Waals surface area contributed by atoms with Gasteiger partial charge in [-0.2, -0.15) is 0 Å². The summed E-state index contributed by atoms with van der Waals surface area (Å²) in [7, 11) is 0. The fourth-order valence-corrected chi connectivity index (χ4v) is 0.253. The fourth-order valence-electron chi connectivity index (χ4n) is 0.253. The molecule has 1 unspecified atom stereocenters. The van der Waals surface area contributed by atoms with Gasteiger partial charge in [-0.3, -0.25) is 4.79 Å². The second kappa shape index (κ2) is 17.5. The molecule has 0 heterocycles. The van der Waals surface area contributed by atoms with Gasteiger partial charge in [-0.1, -0.05) is 0 Å². The SMILES string of the molecule is O=C(O)CC(O)C(=O)O.[KH].[Mn].[NaH].[NaH]. The van der Waals surface area contributed by atoms with Crippen molar-refractivity contribution in [1.82, 2.24) is 0 Å². The molecule has 0 spiro atoms. The van der Waals surface area contributed by atoms with Crippen molar-refractivity contribution in [2.45, 2.75) is 12.5 Å². The van der Waals surface area contributed by atoms with Crippen LogP contribution in [0.15, 0.2) is 0 Å². The van der Waals surface area contributed by atoms with E-state index in [1.54, 1.807) is 0 Å². The fraction of sp³-hybridized carbons (Fsp3) is 0.500. The van der Waals surface area contributed by atoms with E-state index in [4.69, 9.17) is 15.3 Å². The molecular formula is C4H9KMnNa2O5. The van der Waals surface area contributed by atoms with Crippen molar-refractivity contribution in [2.75, 3.05) is 0 Å².